The molecule has 0 fully saturated rings. The third-order valence-electron chi connectivity index (χ3n) is 15.2. The number of nitrogens with zero attached hydrogens (tertiary/aromatic N) is 4. The van der Waals surface area contributed by atoms with Crippen LogP contribution in [0.3, 0.4) is 0 Å². The molecular formula is C75H55IrN4O. The average molecular weight is 1220 g/mol. The Morgan fingerprint density at radius 2 is 1.06 bits per heavy atom. The van der Waals surface area contributed by atoms with Crippen LogP contribution in [0.25, 0.3) is 128 Å². The molecule has 14 rings (SSSR count). The van der Waals surface area contributed by atoms with Crippen molar-refractivity contribution in [3.05, 3.63) is 279 Å². The van der Waals surface area contributed by atoms with Crippen LogP contribution in [0.2, 0.25) is 0 Å². The van der Waals surface area contributed by atoms with E-state index in [1.54, 1.807) is 0 Å². The number of benzene rings is 10. The van der Waals surface area contributed by atoms with Gasteiger partial charge in [0, 0.05) is 35.9 Å². The van der Waals surface area contributed by atoms with Gasteiger partial charge in [0.05, 0.1) is 11.4 Å². The number of para-hydroxylation sites is 1. The van der Waals surface area contributed by atoms with Gasteiger partial charge in [0.2, 0.25) is 0 Å². The molecule has 0 aliphatic heterocycles. The first-order valence-electron chi connectivity index (χ1n) is 27.4. The van der Waals surface area contributed by atoms with E-state index in [0.717, 1.165) is 78.1 Å². The van der Waals surface area contributed by atoms with Crippen LogP contribution in [0.1, 0.15) is 50.7 Å². The van der Waals surface area contributed by atoms with E-state index in [1.807, 2.05) is 67.1 Å². The zero-order chi connectivity index (χ0) is 54.1. The Labute approximate surface area is 486 Å². The number of imidazole rings is 1. The van der Waals surface area contributed by atoms with Gasteiger partial charge in [0.15, 0.2) is 0 Å². The van der Waals surface area contributed by atoms with Gasteiger partial charge in [-0.25, -0.2) is 0 Å². The number of furan rings is 1. The van der Waals surface area contributed by atoms with Crippen molar-refractivity contribution < 1.29 is 24.5 Å². The fourth-order valence-electron chi connectivity index (χ4n) is 11.3. The molecule has 0 atom stereocenters. The molecule has 0 saturated heterocycles. The average Bonchev–Trinajstić information content (AvgIpc) is 4.40. The minimum atomic E-state index is 0. The second-order valence-corrected chi connectivity index (χ2v) is 20.8. The maximum absolute atomic E-state index is 6.63. The molecular weight excluding hydrogens is 1170 g/mol. The summed E-state index contributed by atoms with van der Waals surface area (Å²) in [7, 11) is 0. The van der Waals surface area contributed by atoms with Crippen molar-refractivity contribution in [3.63, 3.8) is 0 Å². The quantitative estimate of drug-likeness (QED) is 0.101. The van der Waals surface area contributed by atoms with E-state index in [-0.39, 0.29) is 20.1 Å². The Morgan fingerprint density at radius 1 is 0.432 bits per heavy atom. The molecule has 4 heterocycles. The van der Waals surface area contributed by atoms with Gasteiger partial charge in [-0.3, -0.25) is 4.98 Å². The van der Waals surface area contributed by atoms with E-state index in [9.17, 15) is 0 Å². The fourth-order valence-corrected chi connectivity index (χ4v) is 11.3. The summed E-state index contributed by atoms with van der Waals surface area (Å²) in [6.45, 7) is 9.00. The van der Waals surface area contributed by atoms with Crippen LogP contribution >= 0.6 is 0 Å². The summed E-state index contributed by atoms with van der Waals surface area (Å²) in [5.74, 6) is 1.61. The second-order valence-electron chi connectivity index (χ2n) is 20.8. The number of aromatic nitrogens is 4. The van der Waals surface area contributed by atoms with Gasteiger partial charge in [-0.15, -0.1) is 83.9 Å². The molecule has 81 heavy (non-hydrogen) atoms. The Morgan fingerprint density at radius 3 is 1.72 bits per heavy atom. The monoisotopic (exact) mass is 1220 g/mol. The molecule has 0 spiro atoms. The van der Waals surface area contributed by atoms with Crippen molar-refractivity contribution >= 4 is 43.5 Å². The van der Waals surface area contributed by atoms with E-state index in [4.69, 9.17) is 14.4 Å². The Balaban J connectivity index is 0.000000160. The van der Waals surface area contributed by atoms with Crippen molar-refractivity contribution in [1.29, 1.82) is 0 Å². The molecule has 0 aliphatic rings. The zero-order valence-corrected chi connectivity index (χ0v) is 47.8. The summed E-state index contributed by atoms with van der Waals surface area (Å²) in [6.07, 6.45) is 7.72. The van der Waals surface area contributed by atoms with E-state index in [1.165, 1.54) is 60.6 Å². The first kappa shape index (κ1) is 52.4. The van der Waals surface area contributed by atoms with Crippen LogP contribution in [0.4, 0.5) is 0 Å². The number of fused-ring (bicyclic) bond motifs is 6. The second kappa shape index (κ2) is 22.8. The van der Waals surface area contributed by atoms with Crippen LogP contribution in [0, 0.1) is 18.2 Å². The zero-order valence-electron chi connectivity index (χ0n) is 45.4. The maximum Gasteiger partial charge on any atom is 3.00 e. The van der Waals surface area contributed by atoms with Crippen LogP contribution in [-0.2, 0) is 20.1 Å². The fraction of sp³-hybridized carbons (Fsp3) is 0.0800. The van der Waals surface area contributed by atoms with Crippen molar-refractivity contribution in [1.82, 2.24) is 19.5 Å². The van der Waals surface area contributed by atoms with Crippen LogP contribution in [0.5, 0.6) is 0 Å². The molecule has 0 amide bonds. The summed E-state index contributed by atoms with van der Waals surface area (Å²) >= 11 is 0. The van der Waals surface area contributed by atoms with E-state index >= 15 is 0 Å². The van der Waals surface area contributed by atoms with Gasteiger partial charge in [0.25, 0.3) is 0 Å². The summed E-state index contributed by atoms with van der Waals surface area (Å²) in [5, 5.41) is 7.08. The van der Waals surface area contributed by atoms with Crippen molar-refractivity contribution in [2.75, 3.05) is 0 Å². The molecule has 0 N–H and O–H groups in total. The molecule has 0 bridgehead atoms. The minimum Gasteiger partial charge on any atom is -0.501 e. The third kappa shape index (κ3) is 10.1. The van der Waals surface area contributed by atoms with E-state index in [2.05, 4.69) is 238 Å². The molecule has 0 aliphatic carbocycles. The smallest absolute Gasteiger partial charge is 0.501 e. The summed E-state index contributed by atoms with van der Waals surface area (Å²) < 4.78 is 8.86. The van der Waals surface area contributed by atoms with Crippen LogP contribution in [-0.4, -0.2) is 19.5 Å². The first-order chi connectivity index (χ1) is 39.4. The normalized spacial score (nSPS) is 11.3. The van der Waals surface area contributed by atoms with Crippen molar-refractivity contribution in [3.8, 4) is 84.1 Å². The largest absolute Gasteiger partial charge is 3.00 e. The number of hydrogen-bond acceptors (Lipinski definition) is 4. The standard InChI is InChI=1S/C40H26N2.C35H29N2O.Ir/c1-2-12-30(13-3-1)40-26-25-32(28-42-40)34-15-5-7-17-36(34)38-19-9-8-18-37(38)35-16-6-4-14-33(35)29-21-23-31(24-22-29)39-20-10-11-27-41-39;1-21(2)25-11-7-12-26(22(3)4)33(25)37-18-17-36-35(37)29-14-8-13-28-31-19-24-16-15-23-9-5-6-10-27(23)30(24)20-32(31)38-34(28)29;/h1-12,14-23,25-28H;5-13,15-22H,1-4H3;/q-2;-1;+3. The van der Waals surface area contributed by atoms with Gasteiger partial charge in [0.1, 0.15) is 5.58 Å². The Kier molecular flexibility index (Phi) is 14.7. The first-order valence-corrected chi connectivity index (χ1v) is 27.4. The SMILES string of the molecule is CC(C)c1cccc(C(C)C)c1-n1ccnc1-c1[c-]ccc2c1oc1cc3c(ccc4ccccc43)cc12.[Ir+3].[c-]1cc(-c2ccccc2-c2ccccc2-c2ccccc2-c2ccc(-c3[c-]cccc3)nc2)ccc1-c1ccccn1. The number of hydrogen-bond donors (Lipinski definition) is 0. The maximum atomic E-state index is 6.63. The predicted octanol–water partition coefficient (Wildman–Crippen LogP) is 19.9. The number of pyridine rings is 2. The summed E-state index contributed by atoms with van der Waals surface area (Å²) in [6, 6.07) is 88.5. The predicted molar refractivity (Wildman–Crippen MR) is 331 cm³/mol. The minimum absolute atomic E-state index is 0. The van der Waals surface area contributed by atoms with Gasteiger partial charge < -0.3 is 19.0 Å². The molecule has 5 nitrogen and oxygen atoms in total. The molecule has 10 aromatic carbocycles. The van der Waals surface area contributed by atoms with Crippen LogP contribution in [0.15, 0.2) is 254 Å². The molecule has 14 aromatic rings. The van der Waals surface area contributed by atoms with Crippen molar-refractivity contribution in [2.24, 2.45) is 0 Å². The number of rotatable bonds is 10. The van der Waals surface area contributed by atoms with Crippen LogP contribution < -0.4 is 0 Å². The Bertz CT molecular complexity index is 4350. The van der Waals surface area contributed by atoms with Gasteiger partial charge >= 0.3 is 20.1 Å². The topological polar surface area (TPSA) is 56.7 Å². The molecule has 0 radical (unpaired) electrons. The van der Waals surface area contributed by atoms with E-state index in [0.29, 0.717) is 11.8 Å². The summed E-state index contributed by atoms with van der Waals surface area (Å²) in [4.78, 5) is 14.1. The molecule has 0 unspecified atom stereocenters. The van der Waals surface area contributed by atoms with Gasteiger partial charge in [-0.05, 0) is 107 Å². The molecule has 390 valence electrons. The Hall–Kier alpha value is -9.32. The van der Waals surface area contributed by atoms with Crippen molar-refractivity contribution in [2.45, 2.75) is 39.5 Å². The molecule has 4 aromatic heterocycles. The summed E-state index contributed by atoms with van der Waals surface area (Å²) in [5.41, 5.74) is 19.4. The van der Waals surface area contributed by atoms with Gasteiger partial charge in [-0.1, -0.05) is 201 Å². The molecule has 6 heteroatoms. The molecule has 0 saturated carbocycles. The third-order valence-corrected chi connectivity index (χ3v) is 15.2. The van der Waals surface area contributed by atoms with E-state index < -0.39 is 0 Å². The van der Waals surface area contributed by atoms with Gasteiger partial charge in [-0.2, -0.15) is 0 Å².